The Bertz CT molecular complexity index is 1440. The molecule has 0 aliphatic rings. The first-order valence-corrected chi connectivity index (χ1v) is 15.6. The van der Waals surface area contributed by atoms with E-state index in [1.165, 1.54) is 0 Å². The van der Waals surface area contributed by atoms with Crippen molar-refractivity contribution in [2.45, 2.75) is 38.3 Å². The standard InChI is InChI=1S/C42H42O4/c1-3-17-39(43)41(45-31-35-23-13-7-14-24-35)37(29-27-33-19-9-5-10-20-33)38(30-28-34-21-11-6-12-22-34)42(40(44)18-4-2)46-32-36-25-15-8-16-26-36/h3-16,19-30,37-38,41-42H,1-2,17-18,31-32H2/b29-27+,30-28+/t37-,38-,41-,42-/m1/s1. The maximum atomic E-state index is 13.9. The van der Waals surface area contributed by atoms with Crippen LogP contribution in [0.5, 0.6) is 0 Å². The van der Waals surface area contributed by atoms with Gasteiger partial charge in [-0.2, -0.15) is 0 Å². The summed E-state index contributed by atoms with van der Waals surface area (Å²) in [6.07, 6.45) is 9.63. The van der Waals surface area contributed by atoms with Crippen molar-refractivity contribution in [1.82, 2.24) is 0 Å². The van der Waals surface area contributed by atoms with Gasteiger partial charge in [0.15, 0.2) is 11.6 Å². The lowest BCUT2D eigenvalue weighted by molar-refractivity contribution is -0.142. The lowest BCUT2D eigenvalue weighted by Crippen LogP contribution is -2.43. The number of carbonyl (C=O) groups excluding carboxylic acids is 2. The summed E-state index contributed by atoms with van der Waals surface area (Å²) in [5.74, 6) is -1.37. The van der Waals surface area contributed by atoms with Crippen molar-refractivity contribution < 1.29 is 19.1 Å². The number of hydrogen-bond donors (Lipinski definition) is 0. The Kier molecular flexibility index (Phi) is 13.9. The van der Waals surface area contributed by atoms with Gasteiger partial charge in [0.25, 0.3) is 0 Å². The van der Waals surface area contributed by atoms with E-state index < -0.39 is 24.0 Å². The van der Waals surface area contributed by atoms with Crippen LogP contribution < -0.4 is 0 Å². The first-order chi connectivity index (χ1) is 22.6. The Balaban J connectivity index is 1.84. The van der Waals surface area contributed by atoms with Gasteiger partial charge in [0.05, 0.1) is 13.2 Å². The summed E-state index contributed by atoms with van der Waals surface area (Å²) in [4.78, 5) is 27.8. The fourth-order valence-electron chi connectivity index (χ4n) is 5.31. The fraction of sp³-hybridized carbons (Fsp3) is 0.190. The summed E-state index contributed by atoms with van der Waals surface area (Å²) >= 11 is 0. The molecule has 0 bridgehead atoms. The molecule has 4 heteroatoms. The Hall–Kier alpha value is -4.90. The van der Waals surface area contributed by atoms with Crippen molar-refractivity contribution in [3.05, 3.63) is 181 Å². The van der Waals surface area contributed by atoms with Crippen LogP contribution in [0.25, 0.3) is 12.2 Å². The second-order valence-electron chi connectivity index (χ2n) is 11.0. The lowest BCUT2D eigenvalue weighted by atomic mass is 9.78. The third-order valence-electron chi connectivity index (χ3n) is 7.64. The fourth-order valence-corrected chi connectivity index (χ4v) is 5.31. The van der Waals surface area contributed by atoms with Gasteiger partial charge in [-0.25, -0.2) is 0 Å². The van der Waals surface area contributed by atoms with Gasteiger partial charge in [-0.3, -0.25) is 9.59 Å². The molecule has 0 fully saturated rings. The highest BCUT2D eigenvalue weighted by molar-refractivity contribution is 5.87. The number of rotatable bonds is 19. The minimum absolute atomic E-state index is 0.121. The van der Waals surface area contributed by atoms with E-state index in [1.807, 2.05) is 146 Å². The van der Waals surface area contributed by atoms with Crippen molar-refractivity contribution in [2.75, 3.05) is 0 Å². The Labute approximate surface area is 273 Å². The molecule has 0 aromatic heterocycles. The maximum Gasteiger partial charge on any atom is 0.165 e. The van der Waals surface area contributed by atoms with Gasteiger partial charge in [0.1, 0.15) is 12.2 Å². The van der Waals surface area contributed by atoms with E-state index in [0.717, 1.165) is 22.3 Å². The molecule has 0 N–H and O–H groups in total. The van der Waals surface area contributed by atoms with Gasteiger partial charge in [-0.15, -0.1) is 13.2 Å². The second-order valence-corrected chi connectivity index (χ2v) is 11.0. The van der Waals surface area contributed by atoms with Crippen LogP contribution in [0, 0.1) is 11.8 Å². The lowest BCUT2D eigenvalue weighted by Gasteiger charge is -2.34. The van der Waals surface area contributed by atoms with Crippen LogP contribution in [0.15, 0.2) is 159 Å². The average Bonchev–Trinajstić information content (AvgIpc) is 3.10. The molecule has 4 aromatic carbocycles. The molecule has 0 aliphatic heterocycles. The molecule has 0 unspecified atom stereocenters. The number of hydrogen-bond acceptors (Lipinski definition) is 4. The van der Waals surface area contributed by atoms with Gasteiger partial charge in [0.2, 0.25) is 0 Å². The molecule has 0 amide bonds. The molecule has 0 radical (unpaired) electrons. The van der Waals surface area contributed by atoms with E-state index in [4.69, 9.17) is 9.47 Å². The molecule has 4 nitrogen and oxygen atoms in total. The van der Waals surface area contributed by atoms with Crippen molar-refractivity contribution in [1.29, 1.82) is 0 Å². The molecule has 4 atom stereocenters. The van der Waals surface area contributed by atoms with Crippen molar-refractivity contribution in [2.24, 2.45) is 11.8 Å². The molecule has 0 aliphatic carbocycles. The molecule has 234 valence electrons. The predicted octanol–water partition coefficient (Wildman–Crippen LogP) is 9.11. The van der Waals surface area contributed by atoms with E-state index in [2.05, 4.69) is 13.2 Å². The zero-order valence-electron chi connectivity index (χ0n) is 26.2. The minimum Gasteiger partial charge on any atom is -0.365 e. The zero-order valence-corrected chi connectivity index (χ0v) is 26.2. The topological polar surface area (TPSA) is 52.6 Å². The summed E-state index contributed by atoms with van der Waals surface area (Å²) in [5.41, 5.74) is 3.83. The number of carbonyl (C=O) groups is 2. The highest BCUT2D eigenvalue weighted by Gasteiger charge is 2.39. The van der Waals surface area contributed by atoms with Gasteiger partial charge in [0, 0.05) is 24.7 Å². The van der Waals surface area contributed by atoms with E-state index in [0.29, 0.717) is 0 Å². The monoisotopic (exact) mass is 610 g/mol. The largest absolute Gasteiger partial charge is 0.365 e. The van der Waals surface area contributed by atoms with Gasteiger partial charge in [-0.05, 0) is 22.3 Å². The number of allylic oxidation sites excluding steroid dienone is 2. The van der Waals surface area contributed by atoms with Crippen LogP contribution >= 0.6 is 0 Å². The van der Waals surface area contributed by atoms with Crippen LogP contribution in [0.2, 0.25) is 0 Å². The average molecular weight is 611 g/mol. The van der Waals surface area contributed by atoms with Gasteiger partial charge >= 0.3 is 0 Å². The van der Waals surface area contributed by atoms with Crippen LogP contribution in [0.1, 0.15) is 35.1 Å². The number of benzene rings is 4. The molecule has 0 heterocycles. The van der Waals surface area contributed by atoms with E-state index >= 15 is 0 Å². The molecule has 4 rings (SSSR count). The molecule has 46 heavy (non-hydrogen) atoms. The third-order valence-corrected chi connectivity index (χ3v) is 7.64. The first kappa shape index (κ1) is 34.0. The number of Topliss-reactive ketones (excluding diaryl/α,β-unsaturated/α-hetero) is 2. The summed E-state index contributed by atoms with van der Waals surface area (Å²) in [6.45, 7) is 8.12. The van der Waals surface area contributed by atoms with E-state index in [-0.39, 0.29) is 37.6 Å². The molecular formula is C42H42O4. The van der Waals surface area contributed by atoms with Crippen LogP contribution in [-0.2, 0) is 32.3 Å². The Morgan fingerprint density at radius 3 is 1.17 bits per heavy atom. The van der Waals surface area contributed by atoms with Crippen LogP contribution in [0.3, 0.4) is 0 Å². The smallest absolute Gasteiger partial charge is 0.165 e. The molecule has 4 aromatic rings. The molecular weight excluding hydrogens is 568 g/mol. The summed E-state index contributed by atoms with van der Waals surface area (Å²) < 4.78 is 13.0. The number of ketones is 2. The number of ether oxygens (including phenoxy) is 2. The van der Waals surface area contributed by atoms with E-state index in [9.17, 15) is 9.59 Å². The SMILES string of the molecule is C=CCC(=O)[C@H](OCc1ccccc1)[C@H](/C=C/c1ccccc1)[C@@H](/C=C/c1ccccc1)[C@@H](OCc1ccccc1)C(=O)CC=C. The van der Waals surface area contributed by atoms with E-state index in [1.54, 1.807) is 12.2 Å². The molecule has 0 spiro atoms. The highest BCUT2D eigenvalue weighted by Crippen LogP contribution is 2.32. The summed E-state index contributed by atoms with van der Waals surface area (Å²) in [6, 6.07) is 39.3. The quantitative estimate of drug-likeness (QED) is 0.0994. The first-order valence-electron chi connectivity index (χ1n) is 15.6. The zero-order chi connectivity index (χ0) is 32.4. The third kappa shape index (κ3) is 10.6. The summed E-state index contributed by atoms with van der Waals surface area (Å²) in [5, 5.41) is 0. The van der Waals surface area contributed by atoms with Crippen molar-refractivity contribution in [3.8, 4) is 0 Å². The van der Waals surface area contributed by atoms with Crippen molar-refractivity contribution in [3.63, 3.8) is 0 Å². The Morgan fingerprint density at radius 2 is 0.848 bits per heavy atom. The summed E-state index contributed by atoms with van der Waals surface area (Å²) in [7, 11) is 0. The van der Waals surface area contributed by atoms with Crippen LogP contribution in [0.4, 0.5) is 0 Å². The van der Waals surface area contributed by atoms with Crippen molar-refractivity contribution >= 4 is 23.7 Å². The highest BCUT2D eigenvalue weighted by atomic mass is 16.5. The van der Waals surface area contributed by atoms with Gasteiger partial charge < -0.3 is 9.47 Å². The van der Waals surface area contributed by atoms with Crippen LogP contribution in [-0.4, -0.2) is 23.8 Å². The second kappa shape index (κ2) is 18.8. The van der Waals surface area contributed by atoms with Gasteiger partial charge in [-0.1, -0.05) is 158 Å². The molecule has 0 saturated heterocycles. The minimum atomic E-state index is -0.886. The Morgan fingerprint density at radius 1 is 0.522 bits per heavy atom. The molecule has 0 saturated carbocycles. The predicted molar refractivity (Wildman–Crippen MR) is 188 cm³/mol. The normalized spacial score (nSPS) is 14.0. The maximum absolute atomic E-state index is 13.9.